The van der Waals surface area contributed by atoms with Crippen LogP contribution in [0.5, 0.6) is 0 Å². The minimum absolute atomic E-state index is 0.183. The topological polar surface area (TPSA) is 72.4 Å². The second-order valence-electron chi connectivity index (χ2n) is 3.19. The number of fused-ring (bicyclic) bond motifs is 1. The fourth-order valence-corrected chi connectivity index (χ4v) is 1.45. The highest BCUT2D eigenvalue weighted by Gasteiger charge is 2.06. The van der Waals surface area contributed by atoms with Gasteiger partial charge in [0.05, 0.1) is 5.52 Å². The van der Waals surface area contributed by atoms with E-state index in [1.54, 1.807) is 24.3 Å². The Kier molecular flexibility index (Phi) is 2.59. The molecule has 0 aliphatic rings. The van der Waals surface area contributed by atoms with E-state index in [1.807, 2.05) is 0 Å². The van der Waals surface area contributed by atoms with Crippen molar-refractivity contribution in [3.05, 3.63) is 47.0 Å². The Morgan fingerprint density at radius 3 is 2.94 bits per heavy atom. The molecular weight excluding hydrogens is 210 g/mol. The quantitative estimate of drug-likeness (QED) is 0.788. The van der Waals surface area contributed by atoms with E-state index in [0.717, 1.165) is 6.08 Å². The Morgan fingerprint density at radius 1 is 1.44 bits per heavy atom. The molecule has 1 heterocycles. The molecule has 0 saturated heterocycles. The van der Waals surface area contributed by atoms with Crippen LogP contribution >= 0.6 is 0 Å². The summed E-state index contributed by atoms with van der Waals surface area (Å²) in [5.41, 5.74) is 1.15. The van der Waals surface area contributed by atoms with Gasteiger partial charge in [-0.2, -0.15) is 0 Å². The van der Waals surface area contributed by atoms with Crippen LogP contribution < -0.4 is 5.76 Å². The van der Waals surface area contributed by atoms with Gasteiger partial charge in [0.2, 0.25) is 0 Å². The van der Waals surface area contributed by atoms with E-state index in [4.69, 9.17) is 9.52 Å². The highest BCUT2D eigenvalue weighted by Crippen LogP contribution is 2.11. The first-order valence-electron chi connectivity index (χ1n) is 4.66. The number of nitrogens with zero attached hydrogens (tertiary/aromatic N) is 1. The van der Waals surface area contributed by atoms with E-state index in [9.17, 15) is 9.59 Å². The van der Waals surface area contributed by atoms with Crippen LogP contribution in [0.25, 0.3) is 11.1 Å². The molecule has 0 saturated carbocycles. The molecule has 0 aliphatic heterocycles. The summed E-state index contributed by atoms with van der Waals surface area (Å²) >= 11 is 0. The smallest absolute Gasteiger partial charge is 0.420 e. The molecule has 0 aliphatic carbocycles. The molecule has 5 heteroatoms. The van der Waals surface area contributed by atoms with Crippen LogP contribution in [0.2, 0.25) is 0 Å². The minimum atomic E-state index is -1.04. The summed E-state index contributed by atoms with van der Waals surface area (Å²) in [5.74, 6) is -1.53. The van der Waals surface area contributed by atoms with E-state index in [-0.39, 0.29) is 6.54 Å². The zero-order valence-corrected chi connectivity index (χ0v) is 8.29. The lowest BCUT2D eigenvalue weighted by molar-refractivity contribution is -0.131. The van der Waals surface area contributed by atoms with Crippen molar-refractivity contribution in [1.82, 2.24) is 4.57 Å². The molecule has 1 N–H and O–H groups in total. The number of oxazole rings is 1. The number of carboxylic acid groups (broad SMARTS) is 1. The molecule has 5 nitrogen and oxygen atoms in total. The molecule has 0 radical (unpaired) electrons. The van der Waals surface area contributed by atoms with Crippen molar-refractivity contribution < 1.29 is 14.3 Å². The molecule has 2 rings (SSSR count). The van der Waals surface area contributed by atoms with Crippen molar-refractivity contribution in [2.45, 2.75) is 6.54 Å². The van der Waals surface area contributed by atoms with E-state index in [1.165, 1.54) is 10.6 Å². The van der Waals surface area contributed by atoms with Crippen LogP contribution in [0.15, 0.2) is 45.6 Å². The second kappa shape index (κ2) is 4.06. The van der Waals surface area contributed by atoms with Crippen molar-refractivity contribution in [3.63, 3.8) is 0 Å². The number of hydrogen-bond acceptors (Lipinski definition) is 3. The molecule has 0 atom stereocenters. The average Bonchev–Trinajstić information content (AvgIpc) is 2.55. The highest BCUT2D eigenvalue weighted by atomic mass is 16.4. The predicted molar refractivity (Wildman–Crippen MR) is 57.2 cm³/mol. The fourth-order valence-electron chi connectivity index (χ4n) is 1.45. The maximum Gasteiger partial charge on any atom is 0.420 e. The number of aromatic nitrogens is 1. The average molecular weight is 219 g/mol. The number of para-hydroxylation sites is 2. The van der Waals surface area contributed by atoms with Crippen molar-refractivity contribution in [2.75, 3.05) is 0 Å². The standard InChI is InChI=1S/C11H9NO4/c13-10(14)6-3-7-12-8-4-1-2-5-9(8)16-11(12)15/h1-6H,7H2,(H,13,14). The van der Waals surface area contributed by atoms with Crippen LogP contribution in [0, 0.1) is 0 Å². The molecule has 1 aromatic heterocycles. The van der Waals surface area contributed by atoms with Gasteiger partial charge < -0.3 is 9.52 Å². The summed E-state index contributed by atoms with van der Waals surface area (Å²) in [7, 11) is 0. The third-order valence-corrected chi connectivity index (χ3v) is 2.12. The predicted octanol–water partition coefficient (Wildman–Crippen LogP) is 1.24. The molecule has 0 spiro atoms. The van der Waals surface area contributed by atoms with Crippen molar-refractivity contribution in [1.29, 1.82) is 0 Å². The van der Waals surface area contributed by atoms with Gasteiger partial charge in [0.15, 0.2) is 5.58 Å². The van der Waals surface area contributed by atoms with Gasteiger partial charge in [-0.15, -0.1) is 0 Å². The van der Waals surface area contributed by atoms with Gasteiger partial charge in [-0.25, -0.2) is 9.59 Å². The molecule has 0 unspecified atom stereocenters. The summed E-state index contributed by atoms with van der Waals surface area (Å²) in [5, 5.41) is 8.43. The van der Waals surface area contributed by atoms with Gasteiger partial charge in [-0.3, -0.25) is 4.57 Å². The molecule has 82 valence electrons. The molecule has 2 aromatic rings. The van der Waals surface area contributed by atoms with Gasteiger partial charge >= 0.3 is 11.7 Å². The number of hydrogen-bond donors (Lipinski definition) is 1. The zero-order valence-electron chi connectivity index (χ0n) is 8.29. The van der Waals surface area contributed by atoms with Crippen LogP contribution in [0.1, 0.15) is 0 Å². The number of carbonyl (C=O) groups is 1. The molecular formula is C11H9NO4. The van der Waals surface area contributed by atoms with E-state index in [2.05, 4.69) is 0 Å². The summed E-state index contributed by atoms with van der Waals surface area (Å²) in [6.07, 6.45) is 2.39. The summed E-state index contributed by atoms with van der Waals surface area (Å²) < 4.78 is 6.35. The first-order chi connectivity index (χ1) is 7.68. The van der Waals surface area contributed by atoms with Crippen LogP contribution in [0.3, 0.4) is 0 Å². The molecule has 0 fully saturated rings. The fraction of sp³-hybridized carbons (Fsp3) is 0.0909. The zero-order chi connectivity index (χ0) is 11.5. The number of rotatable bonds is 3. The number of allylic oxidation sites excluding steroid dienone is 1. The highest BCUT2D eigenvalue weighted by molar-refractivity contribution is 5.79. The van der Waals surface area contributed by atoms with E-state index in [0.29, 0.717) is 11.1 Å². The number of benzene rings is 1. The van der Waals surface area contributed by atoms with Crippen LogP contribution in [-0.4, -0.2) is 15.6 Å². The Balaban J connectivity index is 2.40. The number of aliphatic carboxylic acids is 1. The van der Waals surface area contributed by atoms with Crippen molar-refractivity contribution in [2.24, 2.45) is 0 Å². The van der Waals surface area contributed by atoms with Gasteiger partial charge in [-0.1, -0.05) is 18.2 Å². The van der Waals surface area contributed by atoms with Crippen LogP contribution in [0.4, 0.5) is 0 Å². The SMILES string of the molecule is O=C(O)C=CCn1c(=O)oc2ccccc21. The van der Waals surface area contributed by atoms with Gasteiger partial charge in [0, 0.05) is 12.6 Å². The molecule has 0 amide bonds. The van der Waals surface area contributed by atoms with E-state index < -0.39 is 11.7 Å². The summed E-state index contributed by atoms with van der Waals surface area (Å²) in [4.78, 5) is 21.7. The first kappa shape index (κ1) is 10.2. The van der Waals surface area contributed by atoms with Crippen LogP contribution in [-0.2, 0) is 11.3 Å². The van der Waals surface area contributed by atoms with E-state index >= 15 is 0 Å². The Morgan fingerprint density at radius 2 is 2.19 bits per heavy atom. The first-order valence-corrected chi connectivity index (χ1v) is 4.66. The summed E-state index contributed by atoms with van der Waals surface area (Å²) in [6.45, 7) is 0.183. The lowest BCUT2D eigenvalue weighted by Gasteiger charge is -1.95. The maximum atomic E-state index is 11.4. The van der Waals surface area contributed by atoms with Gasteiger partial charge in [-0.05, 0) is 12.1 Å². The largest absolute Gasteiger partial charge is 0.478 e. The van der Waals surface area contributed by atoms with Gasteiger partial charge in [0.25, 0.3) is 0 Å². The van der Waals surface area contributed by atoms with Gasteiger partial charge in [0.1, 0.15) is 0 Å². The minimum Gasteiger partial charge on any atom is -0.478 e. The molecule has 0 bridgehead atoms. The third kappa shape index (κ3) is 1.88. The summed E-state index contributed by atoms with van der Waals surface area (Å²) in [6, 6.07) is 6.99. The number of carboxylic acids is 1. The Labute approximate surface area is 90.2 Å². The Hall–Kier alpha value is -2.30. The lowest BCUT2D eigenvalue weighted by atomic mass is 10.3. The molecule has 16 heavy (non-hydrogen) atoms. The second-order valence-corrected chi connectivity index (χ2v) is 3.19. The van der Waals surface area contributed by atoms with Crippen molar-refractivity contribution >= 4 is 17.1 Å². The monoisotopic (exact) mass is 219 g/mol. The van der Waals surface area contributed by atoms with Crippen molar-refractivity contribution in [3.8, 4) is 0 Å². The lowest BCUT2D eigenvalue weighted by Crippen LogP contribution is -2.12. The normalized spacial score (nSPS) is 11.2. The maximum absolute atomic E-state index is 11.4. The third-order valence-electron chi connectivity index (χ3n) is 2.12. The molecule has 1 aromatic carbocycles. The Bertz CT molecular complexity index is 606.